The number of rotatable bonds is 30. The second-order valence-corrected chi connectivity index (χ2v) is 11.6. The predicted octanol–water partition coefficient (Wildman–Crippen LogP) is 10.2. The summed E-state index contributed by atoms with van der Waals surface area (Å²) >= 11 is 0. The second-order valence-electron chi connectivity index (χ2n) is 11.6. The highest BCUT2D eigenvalue weighted by Crippen LogP contribution is 2.10. The standard InChI is InChI=1S/C38H67NO3/c1-3-5-7-9-11-13-15-17-19-20-21-23-25-27-29-31-33-37(41)36(35-40)39-38(42)34-32-30-28-26-24-22-18-16-14-12-10-8-6-4-2/h10,12,16-19,23,25,31,33,36-37,40-41H,3-9,11,13-15,20-22,24,26-30,32,34-35H2,1-2H3,(H,39,42)/b12-10-,18-16-,19-17+,25-23+,33-31+. The lowest BCUT2D eigenvalue weighted by Gasteiger charge is -2.19. The van der Waals surface area contributed by atoms with E-state index in [0.717, 1.165) is 57.8 Å². The van der Waals surface area contributed by atoms with E-state index in [0.29, 0.717) is 6.42 Å². The van der Waals surface area contributed by atoms with Crippen LogP contribution in [0.15, 0.2) is 60.8 Å². The highest BCUT2D eigenvalue weighted by molar-refractivity contribution is 5.76. The highest BCUT2D eigenvalue weighted by atomic mass is 16.3. The van der Waals surface area contributed by atoms with Crippen LogP contribution in [0.1, 0.15) is 155 Å². The van der Waals surface area contributed by atoms with Gasteiger partial charge in [-0.2, -0.15) is 0 Å². The van der Waals surface area contributed by atoms with Crippen molar-refractivity contribution in [3.05, 3.63) is 60.8 Å². The van der Waals surface area contributed by atoms with E-state index < -0.39 is 12.1 Å². The van der Waals surface area contributed by atoms with Crippen molar-refractivity contribution in [3.8, 4) is 0 Å². The molecule has 242 valence electrons. The van der Waals surface area contributed by atoms with Gasteiger partial charge in [0, 0.05) is 6.42 Å². The third-order valence-corrected chi connectivity index (χ3v) is 7.45. The largest absolute Gasteiger partial charge is 0.394 e. The van der Waals surface area contributed by atoms with Crippen molar-refractivity contribution in [2.75, 3.05) is 6.61 Å². The third-order valence-electron chi connectivity index (χ3n) is 7.45. The molecule has 2 atom stereocenters. The van der Waals surface area contributed by atoms with Crippen molar-refractivity contribution >= 4 is 5.91 Å². The Bertz CT molecular complexity index is 722. The summed E-state index contributed by atoms with van der Waals surface area (Å²) in [5.41, 5.74) is 0. The maximum atomic E-state index is 12.3. The average molecular weight is 586 g/mol. The molecule has 0 aromatic heterocycles. The molecule has 4 nitrogen and oxygen atoms in total. The Morgan fingerprint density at radius 1 is 0.571 bits per heavy atom. The minimum absolute atomic E-state index is 0.0969. The third kappa shape index (κ3) is 29.6. The molecule has 0 aliphatic heterocycles. The molecule has 0 aromatic rings. The molecule has 0 spiro atoms. The zero-order valence-electron chi connectivity index (χ0n) is 27.5. The fraction of sp³-hybridized carbons (Fsp3) is 0.711. The number of nitrogens with one attached hydrogen (secondary N) is 1. The van der Waals surface area contributed by atoms with Crippen LogP contribution >= 0.6 is 0 Å². The van der Waals surface area contributed by atoms with Gasteiger partial charge in [0.2, 0.25) is 5.91 Å². The number of aliphatic hydroxyl groups excluding tert-OH is 2. The van der Waals surface area contributed by atoms with Crippen LogP contribution in [0.4, 0.5) is 0 Å². The molecule has 0 aliphatic carbocycles. The molecule has 0 saturated carbocycles. The lowest BCUT2D eigenvalue weighted by molar-refractivity contribution is -0.123. The molecule has 0 fully saturated rings. The maximum absolute atomic E-state index is 12.3. The van der Waals surface area contributed by atoms with Crippen molar-refractivity contribution in [2.24, 2.45) is 0 Å². The molecule has 0 aliphatic rings. The van der Waals surface area contributed by atoms with E-state index in [9.17, 15) is 15.0 Å². The van der Waals surface area contributed by atoms with Crippen LogP contribution in [0.5, 0.6) is 0 Å². The molecular formula is C38H67NO3. The first-order valence-electron chi connectivity index (χ1n) is 17.5. The van der Waals surface area contributed by atoms with Crippen LogP contribution in [-0.2, 0) is 4.79 Å². The monoisotopic (exact) mass is 586 g/mol. The summed E-state index contributed by atoms with van der Waals surface area (Å²) in [5, 5.41) is 22.8. The molecule has 1 amide bonds. The molecule has 4 heteroatoms. The zero-order chi connectivity index (χ0) is 30.8. The predicted molar refractivity (Wildman–Crippen MR) is 184 cm³/mol. The Balaban J connectivity index is 3.78. The van der Waals surface area contributed by atoms with Crippen LogP contribution in [-0.4, -0.2) is 34.9 Å². The van der Waals surface area contributed by atoms with Gasteiger partial charge in [-0.25, -0.2) is 0 Å². The summed E-state index contributed by atoms with van der Waals surface area (Å²) in [6.07, 6.45) is 45.8. The average Bonchev–Trinajstić information content (AvgIpc) is 2.99. The number of carbonyl (C=O) groups excluding carboxylic acids is 1. The molecule has 0 saturated heterocycles. The molecule has 0 bridgehead atoms. The van der Waals surface area contributed by atoms with Gasteiger partial charge < -0.3 is 15.5 Å². The molecule has 0 heterocycles. The Labute approximate surface area is 260 Å². The SMILES string of the molecule is CCCC/C=C\C/C=C\CCCCCCCC(=O)NC(CO)C(O)/C=C/CC/C=C/CC/C=C/CCCCCCCC. The lowest BCUT2D eigenvalue weighted by Crippen LogP contribution is -2.45. The molecule has 0 rings (SSSR count). The van der Waals surface area contributed by atoms with E-state index in [-0.39, 0.29) is 12.5 Å². The van der Waals surface area contributed by atoms with Gasteiger partial charge in [0.15, 0.2) is 0 Å². The molecule has 0 radical (unpaired) electrons. The second kappa shape index (κ2) is 33.6. The number of unbranched alkanes of at least 4 members (excludes halogenated alkanes) is 15. The molecule has 42 heavy (non-hydrogen) atoms. The van der Waals surface area contributed by atoms with Crippen LogP contribution in [0.2, 0.25) is 0 Å². The number of hydrogen-bond acceptors (Lipinski definition) is 3. The summed E-state index contributed by atoms with van der Waals surface area (Å²) in [7, 11) is 0. The minimum atomic E-state index is -0.875. The minimum Gasteiger partial charge on any atom is -0.394 e. The van der Waals surface area contributed by atoms with Gasteiger partial charge in [-0.1, -0.05) is 139 Å². The quantitative estimate of drug-likeness (QED) is 0.0580. The normalized spacial score (nSPS) is 13.9. The smallest absolute Gasteiger partial charge is 0.220 e. The Kier molecular flexibility index (Phi) is 32.1. The topological polar surface area (TPSA) is 69.6 Å². The van der Waals surface area contributed by atoms with E-state index in [1.165, 1.54) is 77.0 Å². The molecule has 3 N–H and O–H groups in total. The Hall–Kier alpha value is -1.91. The van der Waals surface area contributed by atoms with Gasteiger partial charge in [-0.15, -0.1) is 0 Å². The number of amides is 1. The first-order chi connectivity index (χ1) is 20.7. The van der Waals surface area contributed by atoms with Crippen LogP contribution in [0.25, 0.3) is 0 Å². The van der Waals surface area contributed by atoms with Crippen molar-refractivity contribution in [1.82, 2.24) is 5.32 Å². The summed E-state index contributed by atoms with van der Waals surface area (Å²) in [5.74, 6) is -0.0969. The van der Waals surface area contributed by atoms with Crippen LogP contribution in [0, 0.1) is 0 Å². The highest BCUT2D eigenvalue weighted by Gasteiger charge is 2.17. The lowest BCUT2D eigenvalue weighted by atomic mass is 10.1. The van der Waals surface area contributed by atoms with E-state index in [2.05, 4.69) is 67.8 Å². The van der Waals surface area contributed by atoms with Crippen molar-refractivity contribution in [1.29, 1.82) is 0 Å². The molecule has 0 aromatic carbocycles. The van der Waals surface area contributed by atoms with E-state index >= 15 is 0 Å². The van der Waals surface area contributed by atoms with Crippen molar-refractivity contribution in [3.63, 3.8) is 0 Å². The van der Waals surface area contributed by atoms with E-state index in [1.807, 2.05) is 6.08 Å². The number of allylic oxidation sites excluding steroid dienone is 9. The van der Waals surface area contributed by atoms with E-state index in [1.54, 1.807) is 6.08 Å². The van der Waals surface area contributed by atoms with Crippen LogP contribution in [0.3, 0.4) is 0 Å². The van der Waals surface area contributed by atoms with Crippen molar-refractivity contribution < 1.29 is 15.0 Å². The summed E-state index contributed by atoms with van der Waals surface area (Å²) < 4.78 is 0. The van der Waals surface area contributed by atoms with Gasteiger partial charge in [-0.05, 0) is 70.6 Å². The van der Waals surface area contributed by atoms with Gasteiger partial charge in [-0.3, -0.25) is 4.79 Å². The van der Waals surface area contributed by atoms with Gasteiger partial charge in [0.25, 0.3) is 0 Å². The number of hydrogen-bond donors (Lipinski definition) is 3. The number of aliphatic hydroxyl groups is 2. The number of carbonyl (C=O) groups is 1. The summed E-state index contributed by atoms with van der Waals surface area (Å²) in [6.45, 7) is 4.21. The Morgan fingerprint density at radius 3 is 1.60 bits per heavy atom. The fourth-order valence-corrected chi connectivity index (χ4v) is 4.69. The first-order valence-corrected chi connectivity index (χ1v) is 17.5. The van der Waals surface area contributed by atoms with Gasteiger partial charge in [0.1, 0.15) is 0 Å². The first kappa shape index (κ1) is 40.1. The summed E-state index contributed by atoms with van der Waals surface area (Å²) in [6, 6.07) is -0.652. The maximum Gasteiger partial charge on any atom is 0.220 e. The van der Waals surface area contributed by atoms with Crippen molar-refractivity contribution in [2.45, 2.75) is 167 Å². The summed E-state index contributed by atoms with van der Waals surface area (Å²) in [4.78, 5) is 12.3. The Morgan fingerprint density at radius 2 is 1.02 bits per heavy atom. The fourth-order valence-electron chi connectivity index (χ4n) is 4.69. The van der Waals surface area contributed by atoms with Crippen LogP contribution < -0.4 is 5.32 Å². The van der Waals surface area contributed by atoms with Gasteiger partial charge in [0.05, 0.1) is 18.8 Å². The zero-order valence-corrected chi connectivity index (χ0v) is 27.5. The van der Waals surface area contributed by atoms with Gasteiger partial charge >= 0.3 is 0 Å². The van der Waals surface area contributed by atoms with E-state index in [4.69, 9.17) is 0 Å². The molecule has 2 unspecified atom stereocenters. The molecular weight excluding hydrogens is 518 g/mol.